The predicted octanol–water partition coefficient (Wildman–Crippen LogP) is 3.48. The summed E-state index contributed by atoms with van der Waals surface area (Å²) in [4.78, 5) is 26.6. The molecule has 1 N–H and O–H groups in total. The number of ether oxygens (including phenoxy) is 1. The number of carbonyl (C=O) groups is 1. The molecule has 2 aromatic carbocycles. The molecule has 2 heterocycles. The second-order valence-electron chi connectivity index (χ2n) is 7.25. The molecule has 0 bridgehead atoms. The normalized spacial score (nSPS) is 16.7. The third-order valence-corrected chi connectivity index (χ3v) is 5.88. The van der Waals surface area contributed by atoms with E-state index in [1.807, 2.05) is 66.5 Å². The van der Waals surface area contributed by atoms with E-state index < -0.39 is 17.1 Å². The van der Waals surface area contributed by atoms with Gasteiger partial charge in [0.25, 0.3) is 5.91 Å². The van der Waals surface area contributed by atoms with Crippen molar-refractivity contribution < 1.29 is 14.6 Å². The average Bonchev–Trinajstić information content (AvgIpc) is 2.79. The highest BCUT2D eigenvalue weighted by Crippen LogP contribution is 2.38. The molecule has 0 saturated carbocycles. The van der Waals surface area contributed by atoms with Crippen molar-refractivity contribution in [2.75, 3.05) is 16.7 Å². The smallest absolute Gasteiger partial charge is 0.277 e. The molecule has 3 aromatic rings. The van der Waals surface area contributed by atoms with Crippen LogP contribution in [-0.2, 0) is 0 Å². The van der Waals surface area contributed by atoms with Crippen molar-refractivity contribution in [2.24, 2.45) is 0 Å². The Kier molecular flexibility index (Phi) is 5.90. The number of fused-ring (bicyclic) bond motifs is 1. The summed E-state index contributed by atoms with van der Waals surface area (Å²) in [7, 11) is 1.66. The Morgan fingerprint density at radius 3 is 2.45 bits per heavy atom. The van der Waals surface area contributed by atoms with Crippen molar-refractivity contribution >= 4 is 28.5 Å². The average molecular weight is 531 g/mol. The number of aromatic nitrogens is 1. The van der Waals surface area contributed by atoms with E-state index in [1.165, 1.54) is 17.2 Å². The molecule has 7 nitrogen and oxygen atoms in total. The number of pyridine rings is 1. The summed E-state index contributed by atoms with van der Waals surface area (Å²) in [6.45, 7) is 1.91. The minimum Gasteiger partial charge on any atom is -0.502 e. The van der Waals surface area contributed by atoms with Crippen LogP contribution in [0, 0.1) is 0 Å². The first kappa shape index (κ1) is 21.2. The van der Waals surface area contributed by atoms with Gasteiger partial charge in [-0.1, -0.05) is 48.5 Å². The zero-order valence-corrected chi connectivity index (χ0v) is 19.3. The van der Waals surface area contributed by atoms with Crippen LogP contribution >= 0.6 is 22.6 Å². The van der Waals surface area contributed by atoms with E-state index in [1.54, 1.807) is 11.7 Å². The number of rotatable bonds is 5. The second-order valence-corrected chi connectivity index (χ2v) is 7.88. The number of hydrogen-bond acceptors (Lipinski definition) is 5. The third kappa shape index (κ3) is 3.65. The van der Waals surface area contributed by atoms with Gasteiger partial charge < -0.3 is 14.7 Å². The molecule has 1 aliphatic heterocycles. The lowest BCUT2D eigenvalue weighted by Crippen LogP contribution is -2.60. The number of amides is 1. The lowest BCUT2D eigenvalue weighted by atomic mass is 9.96. The number of hydrogen-bond donors (Lipinski definition) is 1. The molecule has 1 aliphatic rings. The van der Waals surface area contributed by atoms with Gasteiger partial charge in [-0.05, 0) is 41.1 Å². The summed E-state index contributed by atoms with van der Waals surface area (Å²) in [6.07, 6.45) is 1.16. The maximum absolute atomic E-state index is 13.0. The number of nitrogens with zero attached hydrogens (tertiary/aromatic N) is 3. The van der Waals surface area contributed by atoms with E-state index in [2.05, 4.69) is 22.6 Å². The predicted molar refractivity (Wildman–Crippen MR) is 126 cm³/mol. The largest absolute Gasteiger partial charge is 0.502 e. The van der Waals surface area contributed by atoms with Gasteiger partial charge in [0.1, 0.15) is 22.6 Å². The summed E-state index contributed by atoms with van der Waals surface area (Å²) in [5, 5.41) is 12.4. The monoisotopic (exact) mass is 531 g/mol. The molecular weight excluding hydrogens is 509 g/mol. The topological polar surface area (TPSA) is 75.0 Å². The molecule has 1 aromatic heterocycles. The van der Waals surface area contributed by atoms with E-state index in [4.69, 9.17) is 4.74 Å². The van der Waals surface area contributed by atoms with Gasteiger partial charge in [-0.2, -0.15) is 0 Å². The van der Waals surface area contributed by atoms with E-state index in [0.717, 1.165) is 16.9 Å². The fourth-order valence-corrected chi connectivity index (χ4v) is 4.29. The van der Waals surface area contributed by atoms with Crippen molar-refractivity contribution in [3.63, 3.8) is 0 Å². The van der Waals surface area contributed by atoms with Crippen molar-refractivity contribution in [2.45, 2.75) is 19.1 Å². The van der Waals surface area contributed by atoms with Gasteiger partial charge in [0.05, 0.1) is 0 Å². The van der Waals surface area contributed by atoms with Crippen molar-refractivity contribution in [1.82, 2.24) is 9.58 Å². The molecule has 0 spiro atoms. The molecule has 31 heavy (non-hydrogen) atoms. The standard InChI is InChI=1S/C23H22IN3O4/c1-15-25(2)23(30)21-22(29)18(28)12-13-26(21)27(15)20(16-8-4-3-5-9-16)17-10-6-7-11-19(17)31-14-24/h3-13,15,20,29H,14H2,1-2H3/t15-,20+/m0/s1. The van der Waals surface area contributed by atoms with Gasteiger partial charge in [0.2, 0.25) is 5.43 Å². The van der Waals surface area contributed by atoms with Crippen LogP contribution in [0.2, 0.25) is 0 Å². The first-order chi connectivity index (χ1) is 15.0. The zero-order valence-electron chi connectivity index (χ0n) is 17.1. The van der Waals surface area contributed by atoms with Crippen molar-refractivity contribution in [3.8, 4) is 11.5 Å². The van der Waals surface area contributed by atoms with Crippen LogP contribution in [0.15, 0.2) is 71.7 Å². The minimum atomic E-state index is -0.590. The highest BCUT2D eigenvalue weighted by Gasteiger charge is 2.40. The highest BCUT2D eigenvalue weighted by molar-refractivity contribution is 14.1. The summed E-state index contributed by atoms with van der Waals surface area (Å²) >= 11 is 2.16. The Labute approximate surface area is 193 Å². The van der Waals surface area contributed by atoms with Crippen LogP contribution in [0.25, 0.3) is 0 Å². The zero-order chi connectivity index (χ0) is 22.1. The quantitative estimate of drug-likeness (QED) is 0.403. The van der Waals surface area contributed by atoms with Gasteiger partial charge in [-0.3, -0.25) is 19.3 Å². The van der Waals surface area contributed by atoms with Gasteiger partial charge in [-0.15, -0.1) is 0 Å². The molecule has 160 valence electrons. The van der Waals surface area contributed by atoms with Gasteiger partial charge in [0.15, 0.2) is 11.4 Å². The van der Waals surface area contributed by atoms with Crippen molar-refractivity contribution in [1.29, 1.82) is 0 Å². The summed E-state index contributed by atoms with van der Waals surface area (Å²) < 4.78 is 7.98. The van der Waals surface area contributed by atoms with E-state index in [9.17, 15) is 14.7 Å². The molecule has 0 radical (unpaired) electrons. The van der Waals surface area contributed by atoms with Gasteiger partial charge >= 0.3 is 0 Å². The maximum atomic E-state index is 13.0. The first-order valence-corrected chi connectivity index (χ1v) is 11.3. The van der Waals surface area contributed by atoms with E-state index >= 15 is 0 Å². The molecule has 0 saturated heterocycles. The molecular formula is C23H22IN3O4. The Hall–Kier alpha value is -3.01. The van der Waals surface area contributed by atoms with Crippen LogP contribution < -0.4 is 15.2 Å². The lowest BCUT2D eigenvalue weighted by molar-refractivity contribution is 0.0639. The molecule has 0 fully saturated rings. The number of alkyl halides is 1. The van der Waals surface area contributed by atoms with Crippen molar-refractivity contribution in [3.05, 3.63) is 93.9 Å². The Bertz CT molecular complexity index is 1160. The third-order valence-electron chi connectivity index (χ3n) is 5.57. The number of halogens is 1. The van der Waals surface area contributed by atoms with Gasteiger partial charge in [-0.25, -0.2) is 0 Å². The van der Waals surface area contributed by atoms with E-state index in [-0.39, 0.29) is 17.9 Å². The fourth-order valence-electron chi connectivity index (χ4n) is 3.95. The summed E-state index contributed by atoms with van der Waals surface area (Å²) in [6, 6.07) is 18.6. The van der Waals surface area contributed by atoms with E-state index in [0.29, 0.717) is 4.61 Å². The molecule has 0 aliphatic carbocycles. The first-order valence-electron chi connectivity index (χ1n) is 9.78. The summed E-state index contributed by atoms with van der Waals surface area (Å²) in [5.74, 6) is -0.244. The number of benzene rings is 2. The Balaban J connectivity index is 2.01. The Morgan fingerprint density at radius 2 is 1.74 bits per heavy atom. The number of carbonyl (C=O) groups excluding carboxylic acids is 1. The molecule has 0 unspecified atom stereocenters. The number of para-hydroxylation sites is 1. The fraction of sp³-hybridized carbons (Fsp3) is 0.217. The lowest BCUT2D eigenvalue weighted by Gasteiger charge is -2.47. The summed E-state index contributed by atoms with van der Waals surface area (Å²) in [5.41, 5.74) is 1.24. The molecule has 4 rings (SSSR count). The maximum Gasteiger partial charge on any atom is 0.277 e. The second kappa shape index (κ2) is 8.62. The molecule has 8 heteroatoms. The SMILES string of the molecule is C[C@H]1N(C)C(=O)c2c(O)c(=O)ccn2N1[C@H](c1ccccc1)c1ccccc1OCI. The minimum absolute atomic E-state index is 0.0543. The van der Waals surface area contributed by atoms with Crippen LogP contribution in [-0.4, -0.2) is 38.4 Å². The van der Waals surface area contributed by atoms with Gasteiger partial charge in [0, 0.05) is 24.9 Å². The van der Waals surface area contributed by atoms with Crippen LogP contribution in [0.3, 0.4) is 0 Å². The highest BCUT2D eigenvalue weighted by atomic mass is 127. The Morgan fingerprint density at radius 1 is 1.06 bits per heavy atom. The number of aromatic hydroxyl groups is 1. The molecule has 2 atom stereocenters. The van der Waals surface area contributed by atoms with Crippen LogP contribution in [0.4, 0.5) is 0 Å². The van der Waals surface area contributed by atoms with Crippen LogP contribution in [0.1, 0.15) is 34.6 Å². The van der Waals surface area contributed by atoms with Crippen LogP contribution in [0.5, 0.6) is 11.5 Å². The molecule has 1 amide bonds.